The topological polar surface area (TPSA) is 158 Å². The molecule has 0 atom stereocenters. The van der Waals surface area contributed by atoms with Crippen LogP contribution in [0.3, 0.4) is 0 Å². The molecule has 10 nitrogen and oxygen atoms in total. The average molecular weight is 522 g/mol. The van der Waals surface area contributed by atoms with Crippen LogP contribution in [0.2, 0.25) is 0 Å². The normalized spacial score (nSPS) is 11.2. The predicted molar refractivity (Wildman–Crippen MR) is 141 cm³/mol. The van der Waals surface area contributed by atoms with E-state index in [4.69, 9.17) is 25.4 Å². The van der Waals surface area contributed by atoms with Crippen molar-refractivity contribution in [1.82, 2.24) is 5.32 Å². The van der Waals surface area contributed by atoms with E-state index in [1.165, 1.54) is 43.3 Å². The molecule has 0 fully saturated rings. The molecular weight excluding hydrogens is 490 g/mol. The summed E-state index contributed by atoms with van der Waals surface area (Å²) in [5, 5.41) is 9.87. The highest BCUT2D eigenvalue weighted by Gasteiger charge is 2.49. The number of amides is 1. The summed E-state index contributed by atoms with van der Waals surface area (Å²) in [7, 11) is 0. The lowest BCUT2D eigenvalue weighted by molar-refractivity contribution is -0.167. The largest absolute Gasteiger partial charge is 0.464 e. The molecular formula is C28H31N3O7. The number of hydrogen-bond acceptors (Lipinski definition) is 8. The molecule has 38 heavy (non-hydrogen) atoms. The van der Waals surface area contributed by atoms with Crippen molar-refractivity contribution in [2.75, 3.05) is 13.2 Å². The number of ether oxygens (including phenoxy) is 3. The fourth-order valence-corrected chi connectivity index (χ4v) is 3.32. The maximum absolute atomic E-state index is 13.0. The molecule has 0 aliphatic heterocycles. The maximum atomic E-state index is 13.0. The maximum Gasteiger partial charge on any atom is 0.344 e. The fraction of sp³-hybridized carbons (Fsp3) is 0.250. The molecule has 4 N–H and O–H groups in total. The van der Waals surface area contributed by atoms with E-state index in [-0.39, 0.29) is 36.6 Å². The van der Waals surface area contributed by atoms with E-state index in [1.807, 2.05) is 0 Å². The second-order valence-electron chi connectivity index (χ2n) is 8.07. The summed E-state index contributed by atoms with van der Waals surface area (Å²) in [6, 6.07) is 12.5. The Kier molecular flexibility index (Phi) is 10.5. The van der Waals surface area contributed by atoms with Gasteiger partial charge in [0, 0.05) is 17.6 Å². The molecule has 2 aromatic carbocycles. The van der Waals surface area contributed by atoms with Crippen molar-refractivity contribution in [1.29, 1.82) is 5.41 Å². The standard InChI is InChI=1S/C28H31N3O7/c1-5-16-28(26(34)36-6-2,27(35)37-7-3)31-24(32)18(4)17-19-8-10-21(11-9-19)25(33)38-22-14-12-20(13-15-22)23(29)30/h5,8-15,17H,1,6-7,16H2,2-4H3,(H3,29,30)(H,31,32). The third-order valence-electron chi connectivity index (χ3n) is 5.29. The second-order valence-corrected chi connectivity index (χ2v) is 8.07. The first kappa shape index (κ1) is 29.5. The average Bonchev–Trinajstić information content (AvgIpc) is 2.89. The summed E-state index contributed by atoms with van der Waals surface area (Å²) >= 11 is 0. The Balaban J connectivity index is 2.19. The number of amidine groups is 1. The first-order valence-corrected chi connectivity index (χ1v) is 11.8. The molecule has 0 bridgehead atoms. The van der Waals surface area contributed by atoms with Gasteiger partial charge in [0.05, 0.1) is 18.8 Å². The molecule has 0 aromatic heterocycles. The Labute approximate surface area is 221 Å². The van der Waals surface area contributed by atoms with Crippen molar-refractivity contribution in [3.05, 3.63) is 83.4 Å². The number of nitrogen functional groups attached to an aromatic ring is 1. The highest BCUT2D eigenvalue weighted by molar-refractivity contribution is 6.11. The van der Waals surface area contributed by atoms with E-state index in [0.717, 1.165) is 0 Å². The van der Waals surface area contributed by atoms with Crippen molar-refractivity contribution in [3.8, 4) is 5.75 Å². The van der Waals surface area contributed by atoms with Crippen LogP contribution in [-0.2, 0) is 23.9 Å². The van der Waals surface area contributed by atoms with Gasteiger partial charge in [-0.15, -0.1) is 6.58 Å². The molecule has 0 aliphatic rings. The quantitative estimate of drug-likeness (QED) is 0.0731. The zero-order valence-corrected chi connectivity index (χ0v) is 21.5. The lowest BCUT2D eigenvalue weighted by atomic mass is 9.94. The van der Waals surface area contributed by atoms with Crippen LogP contribution >= 0.6 is 0 Å². The summed E-state index contributed by atoms with van der Waals surface area (Å²) in [6.07, 6.45) is 2.63. The predicted octanol–water partition coefficient (Wildman–Crippen LogP) is 3.15. The minimum atomic E-state index is -2.07. The van der Waals surface area contributed by atoms with Crippen LogP contribution in [0, 0.1) is 5.41 Å². The Bertz CT molecular complexity index is 1210. The molecule has 0 heterocycles. The third-order valence-corrected chi connectivity index (χ3v) is 5.29. The van der Waals surface area contributed by atoms with E-state index in [2.05, 4.69) is 11.9 Å². The molecule has 0 saturated carbocycles. The van der Waals surface area contributed by atoms with Crippen molar-refractivity contribution in [3.63, 3.8) is 0 Å². The van der Waals surface area contributed by atoms with Crippen LogP contribution in [0.5, 0.6) is 5.75 Å². The molecule has 0 spiro atoms. The Morgan fingerprint density at radius 1 is 0.947 bits per heavy atom. The zero-order chi connectivity index (χ0) is 28.3. The number of carbonyl (C=O) groups excluding carboxylic acids is 4. The molecule has 200 valence electrons. The number of hydrogen-bond donors (Lipinski definition) is 3. The number of carbonyl (C=O) groups is 4. The van der Waals surface area contributed by atoms with E-state index >= 15 is 0 Å². The number of nitrogens with one attached hydrogen (secondary N) is 2. The number of nitrogens with two attached hydrogens (primary N) is 1. The smallest absolute Gasteiger partial charge is 0.344 e. The lowest BCUT2D eigenvalue weighted by Crippen LogP contribution is -2.61. The van der Waals surface area contributed by atoms with E-state index < -0.39 is 29.4 Å². The zero-order valence-electron chi connectivity index (χ0n) is 21.5. The summed E-state index contributed by atoms with van der Waals surface area (Å²) in [5.74, 6) is -2.97. The molecule has 0 aliphatic carbocycles. The van der Waals surface area contributed by atoms with Gasteiger partial charge in [-0.05, 0) is 68.8 Å². The van der Waals surface area contributed by atoms with Gasteiger partial charge in [-0.3, -0.25) is 10.2 Å². The first-order valence-electron chi connectivity index (χ1n) is 11.8. The number of benzene rings is 2. The lowest BCUT2D eigenvalue weighted by Gasteiger charge is -2.29. The Hall–Kier alpha value is -4.73. The summed E-state index contributed by atoms with van der Waals surface area (Å²) < 4.78 is 15.4. The van der Waals surface area contributed by atoms with Gasteiger partial charge in [-0.2, -0.15) is 0 Å². The van der Waals surface area contributed by atoms with Gasteiger partial charge in [0.1, 0.15) is 11.6 Å². The van der Waals surface area contributed by atoms with Crippen LogP contribution in [0.15, 0.2) is 66.8 Å². The Morgan fingerprint density at radius 3 is 1.95 bits per heavy atom. The van der Waals surface area contributed by atoms with E-state index in [1.54, 1.807) is 38.1 Å². The van der Waals surface area contributed by atoms with Crippen molar-refractivity contribution in [2.24, 2.45) is 5.73 Å². The van der Waals surface area contributed by atoms with Crippen LogP contribution in [0.1, 0.15) is 48.7 Å². The first-order chi connectivity index (χ1) is 18.1. The van der Waals surface area contributed by atoms with Crippen LogP contribution in [-0.4, -0.2) is 48.4 Å². The van der Waals surface area contributed by atoms with Gasteiger partial charge in [0.2, 0.25) is 11.4 Å². The third kappa shape index (κ3) is 7.39. The van der Waals surface area contributed by atoms with Crippen LogP contribution in [0.25, 0.3) is 6.08 Å². The highest BCUT2D eigenvalue weighted by Crippen LogP contribution is 2.19. The molecule has 2 rings (SSSR count). The molecule has 2 aromatic rings. The number of esters is 3. The molecule has 0 saturated heterocycles. The van der Waals surface area contributed by atoms with Crippen molar-refractivity contribution in [2.45, 2.75) is 32.7 Å². The minimum absolute atomic E-state index is 0.000328. The fourth-order valence-electron chi connectivity index (χ4n) is 3.32. The van der Waals surface area contributed by atoms with E-state index in [0.29, 0.717) is 16.9 Å². The molecule has 0 radical (unpaired) electrons. The molecule has 1 amide bonds. The van der Waals surface area contributed by atoms with Gasteiger partial charge in [-0.25, -0.2) is 14.4 Å². The van der Waals surface area contributed by atoms with Crippen molar-refractivity contribution >= 4 is 35.7 Å². The van der Waals surface area contributed by atoms with Gasteiger partial charge < -0.3 is 25.3 Å². The van der Waals surface area contributed by atoms with E-state index in [9.17, 15) is 19.2 Å². The minimum Gasteiger partial charge on any atom is -0.464 e. The van der Waals surface area contributed by atoms with Gasteiger partial charge >= 0.3 is 17.9 Å². The summed E-state index contributed by atoms with van der Waals surface area (Å²) in [5.41, 5.74) is 4.90. The SMILES string of the molecule is C=CCC(NC(=O)C(C)=Cc1ccc(C(=O)Oc2ccc(C(=N)N)cc2)cc1)(C(=O)OCC)C(=O)OCC. The molecule has 10 heteroatoms. The summed E-state index contributed by atoms with van der Waals surface area (Å²) in [4.78, 5) is 50.8. The summed E-state index contributed by atoms with van der Waals surface area (Å²) in [6.45, 7) is 8.25. The molecule has 0 unspecified atom stereocenters. The van der Waals surface area contributed by atoms with Crippen LogP contribution in [0.4, 0.5) is 0 Å². The van der Waals surface area contributed by atoms with Gasteiger partial charge in [-0.1, -0.05) is 18.2 Å². The Morgan fingerprint density at radius 2 is 1.47 bits per heavy atom. The number of rotatable bonds is 12. The monoisotopic (exact) mass is 521 g/mol. The van der Waals surface area contributed by atoms with Gasteiger partial charge in [0.15, 0.2) is 0 Å². The highest BCUT2D eigenvalue weighted by atomic mass is 16.6. The van der Waals surface area contributed by atoms with Crippen LogP contribution < -0.4 is 15.8 Å². The van der Waals surface area contributed by atoms with Gasteiger partial charge in [0.25, 0.3) is 0 Å². The second kappa shape index (κ2) is 13.5. The van der Waals surface area contributed by atoms with Crippen molar-refractivity contribution < 1.29 is 33.4 Å².